The number of hydrogen-bond acceptors (Lipinski definition) is 4. The third-order valence-electron chi connectivity index (χ3n) is 5.78. The molecule has 0 spiro atoms. The van der Waals surface area contributed by atoms with Crippen LogP contribution in [0.15, 0.2) is 30.3 Å². The maximum absolute atomic E-state index is 12.9. The van der Waals surface area contributed by atoms with Gasteiger partial charge < -0.3 is 20.5 Å². The monoisotopic (exact) mass is 484 g/mol. The Bertz CT molecular complexity index is 998. The van der Waals surface area contributed by atoms with Crippen molar-refractivity contribution in [3.05, 3.63) is 56.5 Å². The fourth-order valence-corrected chi connectivity index (χ4v) is 5.91. The van der Waals surface area contributed by atoms with E-state index in [2.05, 4.69) is 48.4 Å². The van der Waals surface area contributed by atoms with Crippen LogP contribution in [0.3, 0.4) is 0 Å². The summed E-state index contributed by atoms with van der Waals surface area (Å²) in [4.78, 5) is 16.1. The zero-order valence-corrected chi connectivity index (χ0v) is 20.5. The molecule has 4 rings (SSSR count). The van der Waals surface area contributed by atoms with Gasteiger partial charge in [-0.15, -0.1) is 11.3 Å². The van der Waals surface area contributed by atoms with Crippen LogP contribution in [0.1, 0.15) is 54.2 Å². The molecule has 1 aliphatic rings. The van der Waals surface area contributed by atoms with E-state index in [1.165, 1.54) is 22.5 Å². The molecule has 2 aromatic heterocycles. The Hall–Kier alpha value is -1.57. The number of hydrogen-bond donors (Lipinski definition) is 4. The maximum Gasteiger partial charge on any atom is 0.268 e. The van der Waals surface area contributed by atoms with Gasteiger partial charge in [0.25, 0.3) is 5.91 Å². The number of nitrogens with one attached hydrogen (secondary N) is 2. The molecular formula is C23H30Cl2N2O3S. The molecule has 31 heavy (non-hydrogen) atoms. The summed E-state index contributed by atoms with van der Waals surface area (Å²) in [6.07, 6.45) is 3.09. The summed E-state index contributed by atoms with van der Waals surface area (Å²) < 4.78 is 1.45. The lowest BCUT2D eigenvalue weighted by atomic mass is 9.81. The van der Waals surface area contributed by atoms with Gasteiger partial charge in [-0.2, -0.15) is 0 Å². The van der Waals surface area contributed by atoms with Crippen LogP contribution >= 0.6 is 34.5 Å². The molecule has 5 nitrogen and oxygen atoms in total. The van der Waals surface area contributed by atoms with E-state index < -0.39 is 0 Å². The summed E-state index contributed by atoms with van der Waals surface area (Å²) in [5.74, 6) is 0.827. The van der Waals surface area contributed by atoms with Gasteiger partial charge in [-0.05, 0) is 29.5 Å². The second kappa shape index (κ2) is 11.9. The molecule has 0 saturated heterocycles. The number of aliphatic hydroxyl groups excluding tert-OH is 2. The first-order valence-corrected chi connectivity index (χ1v) is 11.8. The molecule has 0 bridgehead atoms. The molecule has 1 aromatic carbocycles. The fraction of sp³-hybridized carbons (Fsp3) is 0.435. The van der Waals surface area contributed by atoms with Crippen LogP contribution in [0.25, 0.3) is 10.2 Å². The second-order valence-electron chi connectivity index (χ2n) is 7.20. The van der Waals surface area contributed by atoms with Crippen molar-refractivity contribution in [1.82, 2.24) is 10.3 Å². The Morgan fingerprint density at radius 2 is 1.84 bits per heavy atom. The number of thiophene rings is 1. The van der Waals surface area contributed by atoms with Crippen molar-refractivity contribution < 1.29 is 15.0 Å². The Kier molecular flexibility index (Phi) is 9.85. The summed E-state index contributed by atoms with van der Waals surface area (Å²) in [7, 11) is 2.00. The van der Waals surface area contributed by atoms with Crippen LogP contribution in [0.2, 0.25) is 9.36 Å². The van der Waals surface area contributed by atoms with Gasteiger partial charge in [0.05, 0.1) is 15.2 Å². The van der Waals surface area contributed by atoms with Crippen LogP contribution in [0.4, 0.5) is 0 Å². The SMILES string of the molecule is CCC(CC)[C@@H]1c2ccccc2CC1NC(=O)c1cc2sc(Cl)c(Cl)c2[nH]1.CO.CO. The van der Waals surface area contributed by atoms with Crippen molar-refractivity contribution >= 4 is 50.7 Å². The van der Waals surface area contributed by atoms with E-state index in [9.17, 15) is 4.79 Å². The molecule has 0 aliphatic heterocycles. The standard InChI is InChI=1S/C21H22Cl2N2OS.2CH4O/c1-3-11(4-2)17-13-8-6-5-7-12(13)9-14(17)25-21(26)15-10-16-19(24-15)18(22)20(23)27-16;2*1-2/h5-8,10-11,14,17,24H,3-4,9H2,1-2H3,(H,25,26);2*2H,1H3/t14?,17-;;/m1../s1. The van der Waals surface area contributed by atoms with Crippen molar-refractivity contribution in [3.8, 4) is 0 Å². The van der Waals surface area contributed by atoms with Gasteiger partial charge in [0.1, 0.15) is 10.0 Å². The predicted molar refractivity (Wildman–Crippen MR) is 131 cm³/mol. The molecule has 4 N–H and O–H groups in total. The van der Waals surface area contributed by atoms with Gasteiger partial charge in [0, 0.05) is 26.2 Å². The van der Waals surface area contributed by atoms with Crippen LogP contribution in [-0.4, -0.2) is 41.4 Å². The smallest absolute Gasteiger partial charge is 0.268 e. The van der Waals surface area contributed by atoms with E-state index in [4.69, 9.17) is 33.4 Å². The molecule has 2 heterocycles. The minimum absolute atomic E-state index is 0.0839. The Morgan fingerprint density at radius 1 is 1.19 bits per heavy atom. The first kappa shape index (κ1) is 25.7. The van der Waals surface area contributed by atoms with Crippen LogP contribution in [-0.2, 0) is 6.42 Å². The van der Waals surface area contributed by atoms with Crippen LogP contribution < -0.4 is 5.32 Å². The summed E-state index contributed by atoms with van der Waals surface area (Å²) in [6, 6.07) is 10.5. The maximum atomic E-state index is 12.9. The van der Waals surface area contributed by atoms with Crippen LogP contribution in [0, 0.1) is 5.92 Å². The molecule has 0 radical (unpaired) electrons. The minimum atomic E-state index is -0.0839. The van der Waals surface area contributed by atoms with Gasteiger partial charge in [-0.3, -0.25) is 4.79 Å². The van der Waals surface area contributed by atoms with Crippen molar-refractivity contribution in [2.75, 3.05) is 14.2 Å². The van der Waals surface area contributed by atoms with Gasteiger partial charge in [-0.25, -0.2) is 0 Å². The summed E-state index contributed by atoms with van der Waals surface area (Å²) >= 11 is 13.7. The highest BCUT2D eigenvalue weighted by Gasteiger charge is 2.37. The molecule has 1 amide bonds. The average molecular weight is 485 g/mol. The van der Waals surface area contributed by atoms with E-state index in [0.29, 0.717) is 26.9 Å². The number of aromatic amines is 1. The zero-order valence-electron chi connectivity index (χ0n) is 18.2. The first-order valence-electron chi connectivity index (χ1n) is 10.3. The fourth-order valence-electron chi connectivity index (χ4n) is 4.43. The molecule has 1 aliphatic carbocycles. The van der Waals surface area contributed by atoms with Gasteiger partial charge in [0.2, 0.25) is 0 Å². The highest BCUT2D eigenvalue weighted by Crippen LogP contribution is 2.42. The molecular weight excluding hydrogens is 455 g/mol. The Labute approximate surface area is 197 Å². The third kappa shape index (κ3) is 5.26. The predicted octanol–water partition coefficient (Wildman–Crippen LogP) is 5.63. The van der Waals surface area contributed by atoms with E-state index in [1.807, 2.05) is 6.07 Å². The van der Waals surface area contributed by atoms with Gasteiger partial charge >= 0.3 is 0 Å². The van der Waals surface area contributed by atoms with Crippen molar-refractivity contribution in [3.63, 3.8) is 0 Å². The number of amides is 1. The number of halogens is 2. The van der Waals surface area contributed by atoms with E-state index >= 15 is 0 Å². The average Bonchev–Trinajstić information content (AvgIpc) is 3.45. The largest absolute Gasteiger partial charge is 0.400 e. The molecule has 1 unspecified atom stereocenters. The molecule has 3 aromatic rings. The van der Waals surface area contributed by atoms with Crippen molar-refractivity contribution in [1.29, 1.82) is 0 Å². The highest BCUT2D eigenvalue weighted by atomic mass is 35.5. The quantitative estimate of drug-likeness (QED) is 0.378. The number of H-pyrrole nitrogens is 1. The van der Waals surface area contributed by atoms with Gasteiger partial charge in [0.15, 0.2) is 0 Å². The lowest BCUT2D eigenvalue weighted by molar-refractivity contribution is 0.0922. The number of carbonyl (C=O) groups is 1. The molecule has 2 atom stereocenters. The number of aromatic nitrogens is 1. The lowest BCUT2D eigenvalue weighted by Gasteiger charge is -2.28. The number of fused-ring (bicyclic) bond motifs is 2. The minimum Gasteiger partial charge on any atom is -0.400 e. The Morgan fingerprint density at radius 3 is 2.45 bits per heavy atom. The summed E-state index contributed by atoms with van der Waals surface area (Å²) in [5, 5.41) is 17.8. The lowest BCUT2D eigenvalue weighted by Crippen LogP contribution is -2.40. The number of aliphatic hydroxyl groups is 2. The molecule has 0 fully saturated rings. The summed E-state index contributed by atoms with van der Waals surface area (Å²) in [5.41, 5.74) is 4.01. The van der Waals surface area contributed by atoms with Gasteiger partial charge in [-0.1, -0.05) is 74.2 Å². The van der Waals surface area contributed by atoms with Crippen molar-refractivity contribution in [2.24, 2.45) is 5.92 Å². The first-order chi connectivity index (χ1) is 15.0. The second-order valence-corrected chi connectivity index (χ2v) is 9.23. The topological polar surface area (TPSA) is 85.4 Å². The number of benzene rings is 1. The normalized spacial score (nSPS) is 16.9. The molecule has 8 heteroatoms. The zero-order chi connectivity index (χ0) is 23.1. The highest BCUT2D eigenvalue weighted by molar-refractivity contribution is 7.23. The molecule has 0 saturated carbocycles. The van der Waals surface area contributed by atoms with Crippen LogP contribution in [0.5, 0.6) is 0 Å². The van der Waals surface area contributed by atoms with E-state index in [-0.39, 0.29) is 11.9 Å². The number of carbonyl (C=O) groups excluding carboxylic acids is 1. The van der Waals surface area contributed by atoms with E-state index in [0.717, 1.165) is 43.7 Å². The number of rotatable bonds is 5. The Balaban J connectivity index is 0.000000807. The van der Waals surface area contributed by atoms with Crippen molar-refractivity contribution in [2.45, 2.75) is 45.1 Å². The van der Waals surface area contributed by atoms with E-state index in [1.54, 1.807) is 0 Å². The summed E-state index contributed by atoms with van der Waals surface area (Å²) in [6.45, 7) is 4.47. The molecule has 170 valence electrons. The third-order valence-corrected chi connectivity index (χ3v) is 7.71.